The predicted molar refractivity (Wildman–Crippen MR) is 126 cm³/mol. The Morgan fingerprint density at radius 3 is 2.81 bits per heavy atom. The lowest BCUT2D eigenvalue weighted by atomic mass is 9.96. The van der Waals surface area contributed by atoms with Gasteiger partial charge < -0.3 is 21.1 Å². The number of nitrogens with one attached hydrogen (secondary N) is 2. The van der Waals surface area contributed by atoms with Crippen molar-refractivity contribution in [2.24, 2.45) is 17.6 Å². The molecule has 31 heavy (non-hydrogen) atoms. The highest BCUT2D eigenvalue weighted by atomic mass is 16.5. The van der Waals surface area contributed by atoms with E-state index in [2.05, 4.69) is 47.0 Å². The quantitative estimate of drug-likeness (QED) is 0.545. The topological polar surface area (TPSA) is 72.2 Å². The highest BCUT2D eigenvalue weighted by Gasteiger charge is 2.38. The normalized spacial score (nSPS) is 23.7. The molecule has 5 nitrogen and oxygen atoms in total. The van der Waals surface area contributed by atoms with E-state index in [-0.39, 0.29) is 6.04 Å². The molecule has 0 spiro atoms. The Kier molecular flexibility index (Phi) is 5.90. The van der Waals surface area contributed by atoms with E-state index < -0.39 is 0 Å². The van der Waals surface area contributed by atoms with Crippen molar-refractivity contribution in [2.45, 2.75) is 31.3 Å². The second-order valence-corrected chi connectivity index (χ2v) is 8.96. The number of fused-ring (bicyclic) bond motifs is 2. The summed E-state index contributed by atoms with van der Waals surface area (Å²) in [5, 5.41) is 8.51. The first-order valence-electron chi connectivity index (χ1n) is 11.5. The number of nitrogens with zero attached hydrogens (tertiary/aromatic N) is 1. The van der Waals surface area contributed by atoms with E-state index in [0.717, 1.165) is 59.3 Å². The van der Waals surface area contributed by atoms with Crippen molar-refractivity contribution >= 4 is 10.9 Å². The van der Waals surface area contributed by atoms with E-state index in [1.807, 2.05) is 18.2 Å². The van der Waals surface area contributed by atoms with Gasteiger partial charge in [0.05, 0.1) is 18.3 Å². The Bertz CT molecular complexity index is 1040. The number of pyridine rings is 1. The van der Waals surface area contributed by atoms with Crippen LogP contribution in [0.1, 0.15) is 30.9 Å². The molecule has 1 saturated heterocycles. The lowest BCUT2D eigenvalue weighted by Gasteiger charge is -2.21. The van der Waals surface area contributed by atoms with Crippen molar-refractivity contribution in [3.8, 4) is 17.0 Å². The summed E-state index contributed by atoms with van der Waals surface area (Å²) in [5.41, 5.74) is 10.9. The molecule has 5 rings (SSSR count). The Hall–Kier alpha value is -2.47. The van der Waals surface area contributed by atoms with E-state index >= 15 is 0 Å². The molecule has 2 fully saturated rings. The standard InChI is InChI=1S/C26H32N4O/c1-31-19-9-6-17(7-10-19)26-14-21(20-4-2-3-5-25(20)30-26)23(27)12-13-29-24-11-8-18-15-28-16-22(18)24/h2-7,9-10,14,18,22-24,28-29H,8,11-13,15-16,27H2,1H3. The monoisotopic (exact) mass is 416 g/mol. The summed E-state index contributed by atoms with van der Waals surface area (Å²) in [6.07, 6.45) is 3.56. The number of benzene rings is 2. The Morgan fingerprint density at radius 1 is 1.13 bits per heavy atom. The van der Waals surface area contributed by atoms with Crippen molar-refractivity contribution in [2.75, 3.05) is 26.7 Å². The first kappa shape index (κ1) is 20.4. The van der Waals surface area contributed by atoms with E-state index in [0.29, 0.717) is 6.04 Å². The number of nitrogens with two attached hydrogens (primary N) is 1. The SMILES string of the molecule is COc1ccc(-c2cc(C(N)CCNC3CCC4CNCC43)c3ccccc3n2)cc1. The van der Waals surface area contributed by atoms with Gasteiger partial charge in [0, 0.05) is 23.0 Å². The minimum Gasteiger partial charge on any atom is -0.497 e. The fraction of sp³-hybridized carbons (Fsp3) is 0.423. The van der Waals surface area contributed by atoms with Crippen LogP contribution < -0.4 is 21.1 Å². The van der Waals surface area contributed by atoms with Crippen molar-refractivity contribution in [3.05, 3.63) is 60.2 Å². The first-order chi connectivity index (χ1) is 15.2. The summed E-state index contributed by atoms with van der Waals surface area (Å²) in [7, 11) is 1.68. The maximum absolute atomic E-state index is 6.75. The second-order valence-electron chi connectivity index (χ2n) is 8.96. The Morgan fingerprint density at radius 2 is 1.97 bits per heavy atom. The molecule has 1 saturated carbocycles. The number of aromatic nitrogens is 1. The van der Waals surface area contributed by atoms with Crippen LogP contribution in [0.4, 0.5) is 0 Å². The molecule has 3 aromatic rings. The first-order valence-corrected chi connectivity index (χ1v) is 11.5. The Labute approximate surface area is 184 Å². The number of hydrogen-bond donors (Lipinski definition) is 3. The average Bonchev–Trinajstić information content (AvgIpc) is 3.43. The zero-order chi connectivity index (χ0) is 21.2. The maximum atomic E-state index is 6.75. The zero-order valence-corrected chi connectivity index (χ0v) is 18.2. The molecule has 0 bridgehead atoms. The second kappa shape index (κ2) is 8.95. The van der Waals surface area contributed by atoms with Gasteiger partial charge in [-0.3, -0.25) is 0 Å². The summed E-state index contributed by atoms with van der Waals surface area (Å²) in [4.78, 5) is 4.90. The number of ether oxygens (including phenoxy) is 1. The van der Waals surface area contributed by atoms with Gasteiger partial charge in [0.15, 0.2) is 0 Å². The number of rotatable bonds is 7. The Balaban J connectivity index is 1.34. The lowest BCUT2D eigenvalue weighted by molar-refractivity contribution is 0.382. The molecule has 0 amide bonds. The van der Waals surface area contributed by atoms with Gasteiger partial charge in [0.1, 0.15) is 5.75 Å². The van der Waals surface area contributed by atoms with Gasteiger partial charge in [-0.1, -0.05) is 18.2 Å². The van der Waals surface area contributed by atoms with Gasteiger partial charge in [-0.15, -0.1) is 0 Å². The highest BCUT2D eigenvalue weighted by molar-refractivity contribution is 5.85. The highest BCUT2D eigenvalue weighted by Crippen LogP contribution is 2.35. The van der Waals surface area contributed by atoms with Crippen LogP contribution in [-0.2, 0) is 0 Å². The molecule has 4 N–H and O–H groups in total. The molecule has 4 atom stereocenters. The third-order valence-electron chi connectivity index (χ3n) is 7.15. The molecule has 5 heteroatoms. The van der Waals surface area contributed by atoms with Gasteiger partial charge in [-0.05, 0) is 92.7 Å². The van der Waals surface area contributed by atoms with Crippen LogP contribution in [0, 0.1) is 11.8 Å². The van der Waals surface area contributed by atoms with Crippen LogP contribution in [0.15, 0.2) is 54.6 Å². The molecular weight excluding hydrogens is 384 g/mol. The van der Waals surface area contributed by atoms with Crippen LogP contribution in [0.3, 0.4) is 0 Å². The van der Waals surface area contributed by atoms with E-state index in [4.69, 9.17) is 15.5 Å². The molecule has 0 radical (unpaired) electrons. The molecule has 162 valence electrons. The van der Waals surface area contributed by atoms with Crippen LogP contribution in [0.2, 0.25) is 0 Å². The van der Waals surface area contributed by atoms with Crippen molar-refractivity contribution in [3.63, 3.8) is 0 Å². The van der Waals surface area contributed by atoms with Gasteiger partial charge in [-0.2, -0.15) is 0 Å². The lowest BCUT2D eigenvalue weighted by Crippen LogP contribution is -2.36. The molecular formula is C26H32N4O. The van der Waals surface area contributed by atoms with Gasteiger partial charge in [0.2, 0.25) is 0 Å². The molecule has 2 aromatic carbocycles. The average molecular weight is 417 g/mol. The maximum Gasteiger partial charge on any atom is 0.118 e. The van der Waals surface area contributed by atoms with Gasteiger partial charge >= 0.3 is 0 Å². The molecule has 2 aliphatic rings. The van der Waals surface area contributed by atoms with E-state index in [1.54, 1.807) is 7.11 Å². The largest absolute Gasteiger partial charge is 0.497 e. The summed E-state index contributed by atoms with van der Waals surface area (Å²) >= 11 is 0. The summed E-state index contributed by atoms with van der Waals surface area (Å²) in [6, 6.07) is 19.1. The smallest absolute Gasteiger partial charge is 0.118 e. The molecule has 2 heterocycles. The number of methoxy groups -OCH3 is 1. The number of hydrogen-bond acceptors (Lipinski definition) is 5. The third kappa shape index (κ3) is 4.18. The van der Waals surface area contributed by atoms with Gasteiger partial charge in [0.25, 0.3) is 0 Å². The van der Waals surface area contributed by atoms with Crippen LogP contribution >= 0.6 is 0 Å². The van der Waals surface area contributed by atoms with Crippen LogP contribution in [-0.4, -0.2) is 37.8 Å². The fourth-order valence-electron chi connectivity index (χ4n) is 5.40. The van der Waals surface area contributed by atoms with E-state index in [9.17, 15) is 0 Å². The molecule has 1 aliphatic carbocycles. The molecule has 4 unspecified atom stereocenters. The fourth-order valence-corrected chi connectivity index (χ4v) is 5.40. The minimum atomic E-state index is -0.0312. The summed E-state index contributed by atoms with van der Waals surface area (Å²) < 4.78 is 5.30. The van der Waals surface area contributed by atoms with Crippen LogP contribution in [0.25, 0.3) is 22.2 Å². The van der Waals surface area contributed by atoms with Crippen molar-refractivity contribution in [1.29, 1.82) is 0 Å². The summed E-state index contributed by atoms with van der Waals surface area (Å²) in [6.45, 7) is 3.30. The third-order valence-corrected chi connectivity index (χ3v) is 7.15. The molecule has 1 aliphatic heterocycles. The zero-order valence-electron chi connectivity index (χ0n) is 18.2. The number of para-hydroxylation sites is 1. The predicted octanol–water partition coefficient (Wildman–Crippen LogP) is 3.89. The van der Waals surface area contributed by atoms with Crippen molar-refractivity contribution < 1.29 is 4.74 Å². The molecule has 1 aromatic heterocycles. The summed E-state index contributed by atoms with van der Waals surface area (Å²) in [5.74, 6) is 2.50. The van der Waals surface area contributed by atoms with Crippen LogP contribution in [0.5, 0.6) is 5.75 Å². The van der Waals surface area contributed by atoms with E-state index in [1.165, 1.54) is 24.9 Å². The van der Waals surface area contributed by atoms with Crippen molar-refractivity contribution in [1.82, 2.24) is 15.6 Å². The minimum absolute atomic E-state index is 0.0312. The van der Waals surface area contributed by atoms with Gasteiger partial charge in [-0.25, -0.2) is 4.98 Å².